The predicted molar refractivity (Wildman–Crippen MR) is 76.3 cm³/mol. The number of hydrogen-bond donors (Lipinski definition) is 0. The van der Waals surface area contributed by atoms with Crippen LogP contribution in [0.25, 0.3) is 10.2 Å². The van der Waals surface area contributed by atoms with Crippen LogP contribution in [0, 0.1) is 11.7 Å². The third-order valence-corrected chi connectivity index (χ3v) is 5.08. The molecule has 1 aliphatic carbocycles. The second-order valence-electron chi connectivity index (χ2n) is 5.21. The van der Waals surface area contributed by atoms with Crippen LogP contribution in [0.3, 0.4) is 0 Å². The highest BCUT2D eigenvalue weighted by Crippen LogP contribution is 2.40. The quantitative estimate of drug-likeness (QED) is 0.806. The van der Waals surface area contributed by atoms with E-state index in [1.807, 2.05) is 0 Å². The Bertz CT molecular complexity index is 634. The number of esters is 1. The smallest absolute Gasteiger partial charge is 0.315 e. The van der Waals surface area contributed by atoms with Crippen LogP contribution in [0.2, 0.25) is 0 Å². The molecule has 5 heteroatoms. The van der Waals surface area contributed by atoms with Crippen LogP contribution in [0.15, 0.2) is 18.2 Å². The van der Waals surface area contributed by atoms with E-state index in [2.05, 4.69) is 4.98 Å². The Morgan fingerprint density at radius 3 is 2.90 bits per heavy atom. The maximum Gasteiger partial charge on any atom is 0.315 e. The molecule has 1 atom stereocenters. The Labute approximate surface area is 120 Å². The summed E-state index contributed by atoms with van der Waals surface area (Å²) >= 11 is 1.47. The molecule has 106 valence electrons. The third kappa shape index (κ3) is 2.42. The van der Waals surface area contributed by atoms with E-state index in [4.69, 9.17) is 4.74 Å². The number of carbonyl (C=O) groups is 1. The number of carbonyl (C=O) groups excluding carboxylic acids is 1. The fourth-order valence-electron chi connectivity index (χ4n) is 2.96. The van der Waals surface area contributed by atoms with Crippen LogP contribution in [-0.4, -0.2) is 18.1 Å². The lowest BCUT2D eigenvalue weighted by Crippen LogP contribution is -2.21. The molecule has 3 rings (SSSR count). The molecule has 20 heavy (non-hydrogen) atoms. The molecule has 0 radical (unpaired) electrons. The van der Waals surface area contributed by atoms with E-state index in [0.717, 1.165) is 35.4 Å². The van der Waals surface area contributed by atoms with Gasteiger partial charge in [0.1, 0.15) is 16.7 Å². The summed E-state index contributed by atoms with van der Waals surface area (Å²) in [5.74, 6) is -0.530. The third-order valence-electron chi connectivity index (χ3n) is 3.96. The zero-order chi connectivity index (χ0) is 14.1. The number of methoxy groups -OCH3 is 1. The van der Waals surface area contributed by atoms with Gasteiger partial charge in [-0.1, -0.05) is 12.8 Å². The van der Waals surface area contributed by atoms with Crippen molar-refractivity contribution in [2.45, 2.75) is 31.6 Å². The number of rotatable bonds is 3. The van der Waals surface area contributed by atoms with Crippen molar-refractivity contribution >= 4 is 27.5 Å². The van der Waals surface area contributed by atoms with Crippen molar-refractivity contribution in [2.24, 2.45) is 5.92 Å². The lowest BCUT2D eigenvalue weighted by atomic mass is 9.91. The SMILES string of the molecule is COC(=O)C(c1nc2cc(F)ccc2s1)C1CCCC1. The average molecular weight is 293 g/mol. The molecule has 1 fully saturated rings. The van der Waals surface area contributed by atoms with Gasteiger partial charge in [-0.25, -0.2) is 9.37 Å². The lowest BCUT2D eigenvalue weighted by Gasteiger charge is -2.18. The minimum Gasteiger partial charge on any atom is -0.468 e. The Kier molecular flexibility index (Phi) is 3.70. The Hall–Kier alpha value is -1.49. The standard InChI is InChI=1S/C15H16FNO2S/c1-19-15(18)13(9-4-2-3-5-9)14-17-11-8-10(16)6-7-12(11)20-14/h6-9,13H,2-5H2,1H3. The van der Waals surface area contributed by atoms with Crippen LogP contribution < -0.4 is 0 Å². The Morgan fingerprint density at radius 1 is 1.45 bits per heavy atom. The van der Waals surface area contributed by atoms with Gasteiger partial charge in [0.05, 0.1) is 17.3 Å². The molecule has 1 aromatic heterocycles. The number of fused-ring (bicyclic) bond motifs is 1. The number of benzene rings is 1. The van der Waals surface area contributed by atoms with E-state index < -0.39 is 0 Å². The first-order valence-electron chi connectivity index (χ1n) is 6.83. The van der Waals surface area contributed by atoms with Gasteiger partial charge in [0.15, 0.2) is 0 Å². The zero-order valence-corrected chi connectivity index (χ0v) is 12.1. The number of halogens is 1. The first-order valence-corrected chi connectivity index (χ1v) is 7.64. The van der Waals surface area contributed by atoms with Gasteiger partial charge in [-0.15, -0.1) is 11.3 Å². The van der Waals surface area contributed by atoms with Gasteiger partial charge in [-0.3, -0.25) is 4.79 Å². The van der Waals surface area contributed by atoms with Gasteiger partial charge in [0, 0.05) is 6.07 Å². The average Bonchev–Trinajstić information content (AvgIpc) is 3.07. The van der Waals surface area contributed by atoms with Crippen molar-refractivity contribution in [3.05, 3.63) is 29.0 Å². The first-order chi connectivity index (χ1) is 9.69. The van der Waals surface area contributed by atoms with E-state index in [0.29, 0.717) is 11.4 Å². The number of ether oxygens (including phenoxy) is 1. The molecule has 0 aliphatic heterocycles. The van der Waals surface area contributed by atoms with Crippen molar-refractivity contribution in [1.29, 1.82) is 0 Å². The summed E-state index contributed by atoms with van der Waals surface area (Å²) in [6, 6.07) is 4.56. The molecule has 1 aliphatic rings. The van der Waals surface area contributed by atoms with E-state index >= 15 is 0 Å². The minimum absolute atomic E-state index is 0.226. The van der Waals surface area contributed by atoms with Crippen LogP contribution in [0.4, 0.5) is 4.39 Å². The number of thiazole rings is 1. The molecule has 1 aromatic carbocycles. The van der Waals surface area contributed by atoms with Gasteiger partial charge in [0.2, 0.25) is 0 Å². The second-order valence-corrected chi connectivity index (χ2v) is 6.27. The Balaban J connectivity index is 2.01. The zero-order valence-electron chi connectivity index (χ0n) is 11.3. The summed E-state index contributed by atoms with van der Waals surface area (Å²) in [6.45, 7) is 0. The van der Waals surface area contributed by atoms with Crippen molar-refractivity contribution in [3.63, 3.8) is 0 Å². The molecule has 2 aromatic rings. The van der Waals surface area contributed by atoms with Crippen LogP contribution in [0.5, 0.6) is 0 Å². The van der Waals surface area contributed by atoms with Crippen molar-refractivity contribution in [2.75, 3.05) is 7.11 Å². The largest absolute Gasteiger partial charge is 0.468 e. The fourth-order valence-corrected chi connectivity index (χ4v) is 4.09. The summed E-state index contributed by atoms with van der Waals surface area (Å²) in [6.07, 6.45) is 4.36. The Morgan fingerprint density at radius 2 is 2.20 bits per heavy atom. The molecule has 1 heterocycles. The van der Waals surface area contributed by atoms with Gasteiger partial charge >= 0.3 is 5.97 Å². The van der Waals surface area contributed by atoms with Gasteiger partial charge in [-0.05, 0) is 30.9 Å². The number of nitrogens with zero attached hydrogens (tertiary/aromatic N) is 1. The summed E-state index contributed by atoms with van der Waals surface area (Å²) in [7, 11) is 1.41. The van der Waals surface area contributed by atoms with Gasteiger partial charge in [0.25, 0.3) is 0 Å². The molecule has 0 amide bonds. The summed E-state index contributed by atoms with van der Waals surface area (Å²) in [4.78, 5) is 16.6. The molecule has 0 bridgehead atoms. The fraction of sp³-hybridized carbons (Fsp3) is 0.467. The highest BCUT2D eigenvalue weighted by atomic mass is 32.1. The predicted octanol–water partition coefficient (Wildman–Crippen LogP) is 3.88. The van der Waals surface area contributed by atoms with Crippen molar-refractivity contribution in [1.82, 2.24) is 4.98 Å². The molecule has 0 N–H and O–H groups in total. The molecule has 1 unspecified atom stereocenters. The second kappa shape index (κ2) is 5.48. The molecule has 0 saturated heterocycles. The lowest BCUT2D eigenvalue weighted by molar-refractivity contribution is -0.143. The van der Waals surface area contributed by atoms with E-state index in [9.17, 15) is 9.18 Å². The molecular formula is C15H16FNO2S. The summed E-state index contributed by atoms with van der Waals surface area (Å²) in [5.41, 5.74) is 0.622. The van der Waals surface area contributed by atoms with Crippen molar-refractivity contribution in [3.8, 4) is 0 Å². The maximum atomic E-state index is 13.2. The first kappa shape index (κ1) is 13.5. The number of aromatic nitrogens is 1. The van der Waals surface area contributed by atoms with Crippen LogP contribution in [-0.2, 0) is 9.53 Å². The monoisotopic (exact) mass is 293 g/mol. The van der Waals surface area contributed by atoms with Crippen LogP contribution in [0.1, 0.15) is 36.6 Å². The molecule has 1 saturated carbocycles. The minimum atomic E-state index is -0.303. The van der Waals surface area contributed by atoms with Gasteiger partial charge < -0.3 is 4.74 Å². The topological polar surface area (TPSA) is 39.2 Å². The van der Waals surface area contributed by atoms with Gasteiger partial charge in [-0.2, -0.15) is 0 Å². The molecular weight excluding hydrogens is 277 g/mol. The summed E-state index contributed by atoms with van der Waals surface area (Å²) in [5, 5.41) is 0.754. The molecule has 0 spiro atoms. The highest BCUT2D eigenvalue weighted by Gasteiger charge is 2.35. The van der Waals surface area contributed by atoms with E-state index in [1.54, 1.807) is 6.07 Å². The highest BCUT2D eigenvalue weighted by molar-refractivity contribution is 7.18. The van der Waals surface area contributed by atoms with Crippen LogP contribution >= 0.6 is 11.3 Å². The maximum absolute atomic E-state index is 13.2. The van der Waals surface area contributed by atoms with E-state index in [1.165, 1.54) is 30.6 Å². The normalized spacial score (nSPS) is 17.5. The molecule has 3 nitrogen and oxygen atoms in total. The van der Waals surface area contributed by atoms with E-state index in [-0.39, 0.29) is 17.7 Å². The number of hydrogen-bond acceptors (Lipinski definition) is 4. The van der Waals surface area contributed by atoms with Crippen molar-refractivity contribution < 1.29 is 13.9 Å². The summed E-state index contributed by atoms with van der Waals surface area (Å²) < 4.78 is 19.1.